The lowest BCUT2D eigenvalue weighted by Gasteiger charge is -2.10. The quantitative estimate of drug-likeness (QED) is 0.517. The van der Waals surface area contributed by atoms with E-state index in [0.29, 0.717) is 18.8 Å². The number of anilines is 1. The van der Waals surface area contributed by atoms with Crippen molar-refractivity contribution in [3.8, 4) is 11.5 Å². The predicted octanol–water partition coefficient (Wildman–Crippen LogP) is 3.55. The summed E-state index contributed by atoms with van der Waals surface area (Å²) in [5.41, 5.74) is 2.51. The zero-order valence-electron chi connectivity index (χ0n) is 16.4. The second-order valence-electron chi connectivity index (χ2n) is 6.37. The molecule has 0 aliphatic rings. The fourth-order valence-electron chi connectivity index (χ4n) is 2.76. The number of carbonyl (C=O) groups excluding carboxylic acids is 1. The van der Waals surface area contributed by atoms with Gasteiger partial charge in [0.15, 0.2) is 0 Å². The van der Waals surface area contributed by atoms with E-state index < -0.39 is 0 Å². The van der Waals surface area contributed by atoms with Crippen molar-refractivity contribution in [2.45, 2.75) is 6.42 Å². The minimum atomic E-state index is -0.227. The van der Waals surface area contributed by atoms with Gasteiger partial charge in [0.1, 0.15) is 23.8 Å². The first kappa shape index (κ1) is 20.2. The summed E-state index contributed by atoms with van der Waals surface area (Å²) in [5, 5.41) is 6.15. The molecule has 1 heterocycles. The van der Waals surface area contributed by atoms with Crippen LogP contribution in [0.4, 0.5) is 5.69 Å². The fourth-order valence-corrected chi connectivity index (χ4v) is 2.76. The molecule has 0 bridgehead atoms. The number of amides is 1. The molecule has 150 valence electrons. The highest BCUT2D eigenvalue weighted by molar-refractivity contribution is 5.93. The van der Waals surface area contributed by atoms with Gasteiger partial charge < -0.3 is 20.1 Å². The Hall–Kier alpha value is -3.54. The number of rotatable bonds is 10. The Kier molecular flexibility index (Phi) is 7.46. The van der Waals surface area contributed by atoms with E-state index in [-0.39, 0.29) is 5.91 Å². The number of ether oxygens (including phenoxy) is 2. The summed E-state index contributed by atoms with van der Waals surface area (Å²) in [6.07, 6.45) is 2.54. The summed E-state index contributed by atoms with van der Waals surface area (Å²) >= 11 is 0. The maximum Gasteiger partial charge on any atom is 0.270 e. The van der Waals surface area contributed by atoms with Gasteiger partial charge in [0.05, 0.1) is 13.7 Å². The summed E-state index contributed by atoms with van der Waals surface area (Å²) in [4.78, 5) is 16.5. The lowest BCUT2D eigenvalue weighted by molar-refractivity contribution is 0.0942. The minimum Gasteiger partial charge on any atom is -0.497 e. The van der Waals surface area contributed by atoms with E-state index >= 15 is 0 Å². The summed E-state index contributed by atoms with van der Waals surface area (Å²) in [5.74, 6) is 1.27. The van der Waals surface area contributed by atoms with Crippen LogP contribution in [0.3, 0.4) is 0 Å². The van der Waals surface area contributed by atoms with Crippen LogP contribution in [-0.4, -0.2) is 37.7 Å². The molecular weight excluding hydrogens is 366 g/mol. The van der Waals surface area contributed by atoms with E-state index in [9.17, 15) is 4.79 Å². The monoisotopic (exact) mass is 391 g/mol. The molecule has 1 aromatic heterocycles. The maximum absolute atomic E-state index is 12.3. The number of carbonyl (C=O) groups is 1. The van der Waals surface area contributed by atoms with Gasteiger partial charge in [-0.15, -0.1) is 0 Å². The highest BCUT2D eigenvalue weighted by Gasteiger charge is 2.07. The molecular formula is C23H25N3O3. The second-order valence-corrected chi connectivity index (χ2v) is 6.37. The number of nitrogens with zero attached hydrogens (tertiary/aromatic N) is 1. The summed E-state index contributed by atoms with van der Waals surface area (Å²) in [7, 11) is 1.62. The Balaban J connectivity index is 1.41. The van der Waals surface area contributed by atoms with Gasteiger partial charge in [-0.25, -0.2) is 0 Å². The fraction of sp³-hybridized carbons (Fsp3) is 0.217. The van der Waals surface area contributed by atoms with Crippen molar-refractivity contribution < 1.29 is 14.3 Å². The molecule has 6 nitrogen and oxygen atoms in total. The zero-order chi connectivity index (χ0) is 20.3. The molecule has 0 radical (unpaired) electrons. The Labute approximate surface area is 170 Å². The third-order valence-electron chi connectivity index (χ3n) is 4.29. The topological polar surface area (TPSA) is 72.5 Å². The molecule has 29 heavy (non-hydrogen) atoms. The van der Waals surface area contributed by atoms with Crippen molar-refractivity contribution in [3.63, 3.8) is 0 Å². The number of hydrogen-bond donors (Lipinski definition) is 2. The molecule has 0 fully saturated rings. The third kappa shape index (κ3) is 6.53. The number of hydrogen-bond acceptors (Lipinski definition) is 5. The molecule has 1 amide bonds. The van der Waals surface area contributed by atoms with Crippen molar-refractivity contribution in [2.24, 2.45) is 0 Å². The number of pyridine rings is 1. The Bertz CT molecular complexity index is 899. The maximum atomic E-state index is 12.3. The van der Waals surface area contributed by atoms with Crippen molar-refractivity contribution >= 4 is 11.6 Å². The zero-order valence-corrected chi connectivity index (χ0v) is 16.4. The van der Waals surface area contributed by atoms with Crippen molar-refractivity contribution in [1.29, 1.82) is 0 Å². The van der Waals surface area contributed by atoms with E-state index in [1.807, 2.05) is 48.5 Å². The van der Waals surface area contributed by atoms with Gasteiger partial charge in [0, 0.05) is 18.4 Å². The van der Waals surface area contributed by atoms with E-state index in [1.165, 1.54) is 5.56 Å². The van der Waals surface area contributed by atoms with Gasteiger partial charge in [-0.3, -0.25) is 9.78 Å². The van der Waals surface area contributed by atoms with Crippen LogP contribution in [0.2, 0.25) is 0 Å². The van der Waals surface area contributed by atoms with E-state index in [0.717, 1.165) is 30.2 Å². The van der Waals surface area contributed by atoms with Crippen molar-refractivity contribution in [3.05, 3.63) is 84.2 Å². The number of benzene rings is 2. The molecule has 0 unspecified atom stereocenters. The minimum absolute atomic E-state index is 0.227. The molecule has 0 spiro atoms. The highest BCUT2D eigenvalue weighted by Crippen LogP contribution is 2.16. The number of aromatic nitrogens is 1. The van der Waals surface area contributed by atoms with Crippen molar-refractivity contribution in [2.75, 3.05) is 32.1 Å². The second kappa shape index (κ2) is 10.7. The largest absolute Gasteiger partial charge is 0.497 e. The van der Waals surface area contributed by atoms with Crippen LogP contribution >= 0.6 is 0 Å². The van der Waals surface area contributed by atoms with Crippen LogP contribution in [0.1, 0.15) is 16.1 Å². The van der Waals surface area contributed by atoms with Crippen LogP contribution in [0.5, 0.6) is 11.5 Å². The SMILES string of the molecule is COc1ccc(OCCNC(=O)c2cc(NCCc3ccccc3)ccn2)cc1. The molecule has 0 atom stereocenters. The Morgan fingerprint density at radius 3 is 2.48 bits per heavy atom. The van der Waals surface area contributed by atoms with Crippen LogP contribution in [0, 0.1) is 0 Å². The summed E-state index contributed by atoms with van der Waals surface area (Å²) < 4.78 is 10.7. The van der Waals surface area contributed by atoms with Crippen LogP contribution in [0.25, 0.3) is 0 Å². The molecule has 0 saturated carbocycles. The first-order valence-corrected chi connectivity index (χ1v) is 9.53. The number of methoxy groups -OCH3 is 1. The van der Waals surface area contributed by atoms with Gasteiger partial charge in [0.25, 0.3) is 5.91 Å². The van der Waals surface area contributed by atoms with E-state index in [2.05, 4.69) is 27.8 Å². The first-order valence-electron chi connectivity index (χ1n) is 9.53. The molecule has 0 aliphatic heterocycles. The lowest BCUT2D eigenvalue weighted by atomic mass is 10.1. The predicted molar refractivity (Wildman–Crippen MR) is 114 cm³/mol. The molecule has 6 heteroatoms. The molecule has 0 saturated heterocycles. The van der Waals surface area contributed by atoms with E-state index in [4.69, 9.17) is 9.47 Å². The van der Waals surface area contributed by atoms with Gasteiger partial charge in [0.2, 0.25) is 0 Å². The molecule has 3 rings (SSSR count). The lowest BCUT2D eigenvalue weighted by Crippen LogP contribution is -2.28. The first-order chi connectivity index (χ1) is 14.2. The normalized spacial score (nSPS) is 10.2. The average molecular weight is 391 g/mol. The molecule has 2 aromatic carbocycles. The summed E-state index contributed by atoms with van der Waals surface area (Å²) in [6, 6.07) is 21.2. The molecule has 0 aliphatic carbocycles. The molecule has 3 aromatic rings. The Morgan fingerprint density at radius 1 is 0.966 bits per heavy atom. The molecule has 2 N–H and O–H groups in total. The van der Waals surface area contributed by atoms with Gasteiger partial charge >= 0.3 is 0 Å². The summed E-state index contributed by atoms with van der Waals surface area (Å²) in [6.45, 7) is 1.54. The Morgan fingerprint density at radius 2 is 1.72 bits per heavy atom. The average Bonchev–Trinajstić information content (AvgIpc) is 2.78. The smallest absolute Gasteiger partial charge is 0.270 e. The van der Waals surface area contributed by atoms with E-state index in [1.54, 1.807) is 19.4 Å². The highest BCUT2D eigenvalue weighted by atomic mass is 16.5. The third-order valence-corrected chi connectivity index (χ3v) is 4.29. The number of nitrogens with one attached hydrogen (secondary N) is 2. The van der Waals surface area contributed by atoms with Crippen molar-refractivity contribution in [1.82, 2.24) is 10.3 Å². The standard InChI is InChI=1S/C23H25N3O3/c1-28-20-7-9-21(10-8-20)29-16-15-26-23(27)22-17-19(12-14-25-22)24-13-11-18-5-3-2-4-6-18/h2-10,12,14,17H,11,13,15-16H2,1H3,(H,24,25)(H,26,27). The van der Waals surface area contributed by atoms with Crippen LogP contribution in [-0.2, 0) is 6.42 Å². The van der Waals surface area contributed by atoms with Gasteiger partial charge in [-0.2, -0.15) is 0 Å². The van der Waals surface area contributed by atoms with Gasteiger partial charge in [-0.05, 0) is 48.4 Å². The van der Waals surface area contributed by atoms with Crippen LogP contribution < -0.4 is 20.1 Å². The van der Waals surface area contributed by atoms with Crippen LogP contribution in [0.15, 0.2) is 72.9 Å². The van der Waals surface area contributed by atoms with Gasteiger partial charge in [-0.1, -0.05) is 30.3 Å².